The molecule has 0 fully saturated rings. The highest BCUT2D eigenvalue weighted by Crippen LogP contribution is 2.10. The number of carbonyl (C=O) groups is 1. The van der Waals surface area contributed by atoms with Gasteiger partial charge in [-0.25, -0.2) is 0 Å². The third-order valence-electron chi connectivity index (χ3n) is 2.50. The highest BCUT2D eigenvalue weighted by molar-refractivity contribution is 5.85. The van der Waals surface area contributed by atoms with Crippen LogP contribution in [0.1, 0.15) is 25.5 Å². The quantitative estimate of drug-likeness (QED) is 0.873. The lowest BCUT2D eigenvalue weighted by Crippen LogP contribution is -2.35. The third kappa shape index (κ3) is 6.19. The van der Waals surface area contributed by atoms with Crippen LogP contribution in [0.3, 0.4) is 0 Å². The Balaban J connectivity index is 0. The summed E-state index contributed by atoms with van der Waals surface area (Å²) >= 11 is 0. The molecule has 0 aliphatic heterocycles. The molecule has 0 saturated heterocycles. The lowest BCUT2D eigenvalue weighted by Gasteiger charge is -2.17. The van der Waals surface area contributed by atoms with Gasteiger partial charge in [-0.15, -0.1) is 24.8 Å². The van der Waals surface area contributed by atoms with E-state index in [2.05, 4.69) is 15.6 Å². The number of hydrogen-bond acceptors (Lipinski definition) is 3. The predicted molar refractivity (Wildman–Crippen MR) is 78.4 cm³/mol. The number of aromatic nitrogens is 1. The Kier molecular flexibility index (Phi) is 11.0. The summed E-state index contributed by atoms with van der Waals surface area (Å²) in [5, 5.41) is 5.95. The van der Waals surface area contributed by atoms with Crippen molar-refractivity contribution in [3.63, 3.8) is 0 Å². The zero-order valence-corrected chi connectivity index (χ0v) is 12.5. The van der Waals surface area contributed by atoms with Crippen molar-refractivity contribution in [3.05, 3.63) is 30.1 Å². The minimum absolute atomic E-state index is 0. The molecule has 6 heteroatoms. The molecule has 1 aromatic heterocycles. The molecule has 1 amide bonds. The van der Waals surface area contributed by atoms with E-state index in [1.165, 1.54) is 0 Å². The first-order valence-corrected chi connectivity index (χ1v) is 5.50. The van der Waals surface area contributed by atoms with Gasteiger partial charge >= 0.3 is 0 Å². The second-order valence-electron chi connectivity index (χ2n) is 3.98. The van der Waals surface area contributed by atoms with E-state index in [1.54, 1.807) is 12.4 Å². The Morgan fingerprint density at radius 1 is 1.39 bits per heavy atom. The molecule has 1 heterocycles. The van der Waals surface area contributed by atoms with E-state index in [-0.39, 0.29) is 42.7 Å². The van der Waals surface area contributed by atoms with E-state index in [4.69, 9.17) is 0 Å². The van der Waals surface area contributed by atoms with Gasteiger partial charge in [0.15, 0.2) is 0 Å². The molecule has 1 rings (SSSR count). The topological polar surface area (TPSA) is 54.0 Å². The van der Waals surface area contributed by atoms with Crippen LogP contribution in [0.5, 0.6) is 0 Å². The summed E-state index contributed by atoms with van der Waals surface area (Å²) in [5.41, 5.74) is 1.02. The molecular formula is C12H21Cl2N3O. The first-order valence-electron chi connectivity index (χ1n) is 5.50. The summed E-state index contributed by atoms with van der Waals surface area (Å²) in [6.45, 7) is 4.55. The molecule has 0 aromatic carbocycles. The normalized spacial score (nSPS) is 12.6. The first kappa shape index (κ1) is 19.5. The Labute approximate surface area is 121 Å². The van der Waals surface area contributed by atoms with Crippen LogP contribution in [-0.4, -0.2) is 24.5 Å². The van der Waals surface area contributed by atoms with E-state index in [0.29, 0.717) is 6.54 Å². The summed E-state index contributed by atoms with van der Waals surface area (Å²) in [7, 11) is 1.84. The molecule has 0 aliphatic rings. The Hall–Kier alpha value is -0.840. The van der Waals surface area contributed by atoms with E-state index in [1.807, 2.05) is 33.0 Å². The smallest absolute Gasteiger partial charge is 0.224 e. The molecule has 4 nitrogen and oxygen atoms in total. The molecule has 0 saturated carbocycles. The van der Waals surface area contributed by atoms with Gasteiger partial charge in [-0.2, -0.15) is 0 Å². The van der Waals surface area contributed by atoms with Gasteiger partial charge in [0, 0.05) is 24.9 Å². The van der Waals surface area contributed by atoms with Gasteiger partial charge in [0.1, 0.15) is 0 Å². The lowest BCUT2D eigenvalue weighted by atomic mass is 10.1. The van der Waals surface area contributed by atoms with Gasteiger partial charge in [0.25, 0.3) is 0 Å². The van der Waals surface area contributed by atoms with Crippen molar-refractivity contribution in [2.45, 2.75) is 19.9 Å². The van der Waals surface area contributed by atoms with Crippen molar-refractivity contribution in [2.75, 3.05) is 13.6 Å². The van der Waals surface area contributed by atoms with Crippen LogP contribution in [0, 0.1) is 5.92 Å². The second-order valence-corrected chi connectivity index (χ2v) is 3.98. The molecule has 104 valence electrons. The van der Waals surface area contributed by atoms with Gasteiger partial charge < -0.3 is 10.6 Å². The summed E-state index contributed by atoms with van der Waals surface area (Å²) in [4.78, 5) is 15.8. The fraction of sp³-hybridized carbons (Fsp3) is 0.500. The van der Waals surface area contributed by atoms with Crippen molar-refractivity contribution < 1.29 is 4.79 Å². The van der Waals surface area contributed by atoms with Gasteiger partial charge in [-0.05, 0) is 25.6 Å². The monoisotopic (exact) mass is 293 g/mol. The minimum Gasteiger partial charge on any atom is -0.349 e. The van der Waals surface area contributed by atoms with Crippen LogP contribution in [0.2, 0.25) is 0 Å². The average Bonchev–Trinajstić information content (AvgIpc) is 2.30. The number of halogens is 2. The van der Waals surface area contributed by atoms with Crippen LogP contribution in [0.15, 0.2) is 24.5 Å². The second kappa shape index (κ2) is 10.1. The summed E-state index contributed by atoms with van der Waals surface area (Å²) < 4.78 is 0. The average molecular weight is 294 g/mol. The Morgan fingerprint density at radius 3 is 2.56 bits per heavy atom. The summed E-state index contributed by atoms with van der Waals surface area (Å²) in [5.74, 6) is 0.0369. The van der Waals surface area contributed by atoms with Crippen LogP contribution in [0.25, 0.3) is 0 Å². The largest absolute Gasteiger partial charge is 0.349 e. The highest BCUT2D eigenvalue weighted by atomic mass is 35.5. The number of hydrogen-bond donors (Lipinski definition) is 2. The molecule has 2 atom stereocenters. The molecule has 18 heavy (non-hydrogen) atoms. The van der Waals surface area contributed by atoms with Crippen LogP contribution in [-0.2, 0) is 4.79 Å². The molecule has 1 aromatic rings. The van der Waals surface area contributed by atoms with Gasteiger partial charge in [-0.3, -0.25) is 9.78 Å². The molecule has 0 radical (unpaired) electrons. The third-order valence-corrected chi connectivity index (χ3v) is 2.50. The zero-order chi connectivity index (χ0) is 12.0. The molecule has 0 aliphatic carbocycles. The molecule has 2 N–H and O–H groups in total. The number of nitrogens with one attached hydrogen (secondary N) is 2. The molecular weight excluding hydrogens is 273 g/mol. The van der Waals surface area contributed by atoms with E-state index in [9.17, 15) is 4.79 Å². The van der Waals surface area contributed by atoms with Crippen molar-refractivity contribution in [1.29, 1.82) is 0 Å². The number of pyridine rings is 1. The first-order chi connectivity index (χ1) is 7.65. The number of rotatable bonds is 5. The maximum absolute atomic E-state index is 11.7. The molecule has 0 spiro atoms. The highest BCUT2D eigenvalue weighted by Gasteiger charge is 2.15. The maximum atomic E-state index is 11.7. The summed E-state index contributed by atoms with van der Waals surface area (Å²) in [6.07, 6.45) is 3.50. The van der Waals surface area contributed by atoms with Crippen molar-refractivity contribution in [3.8, 4) is 0 Å². The SMILES string of the molecule is CNCC(C)C(=O)N[C@@H](C)c1cccnc1.Cl.Cl. The number of nitrogens with zero attached hydrogens (tertiary/aromatic N) is 1. The summed E-state index contributed by atoms with van der Waals surface area (Å²) in [6, 6.07) is 3.83. The Morgan fingerprint density at radius 2 is 2.06 bits per heavy atom. The van der Waals surface area contributed by atoms with Gasteiger partial charge in [-0.1, -0.05) is 13.0 Å². The molecule has 1 unspecified atom stereocenters. The number of carbonyl (C=O) groups excluding carboxylic acids is 1. The van der Waals surface area contributed by atoms with Crippen molar-refractivity contribution >= 4 is 30.7 Å². The minimum atomic E-state index is -0.0240. The van der Waals surface area contributed by atoms with Crippen molar-refractivity contribution in [2.24, 2.45) is 5.92 Å². The maximum Gasteiger partial charge on any atom is 0.224 e. The van der Waals surface area contributed by atoms with Crippen LogP contribution < -0.4 is 10.6 Å². The van der Waals surface area contributed by atoms with E-state index >= 15 is 0 Å². The fourth-order valence-corrected chi connectivity index (χ4v) is 1.47. The van der Waals surface area contributed by atoms with Crippen molar-refractivity contribution in [1.82, 2.24) is 15.6 Å². The molecule has 0 bridgehead atoms. The lowest BCUT2D eigenvalue weighted by molar-refractivity contribution is -0.125. The van der Waals surface area contributed by atoms with E-state index < -0.39 is 0 Å². The zero-order valence-electron chi connectivity index (χ0n) is 10.8. The Bertz CT molecular complexity index is 335. The fourth-order valence-electron chi connectivity index (χ4n) is 1.47. The van der Waals surface area contributed by atoms with Crippen LogP contribution in [0.4, 0.5) is 0 Å². The number of amides is 1. The van der Waals surface area contributed by atoms with Gasteiger partial charge in [0.2, 0.25) is 5.91 Å². The predicted octanol–water partition coefficient (Wildman–Crippen LogP) is 1.96. The van der Waals surface area contributed by atoms with Gasteiger partial charge in [0.05, 0.1) is 6.04 Å². The standard InChI is InChI=1S/C12H19N3O.2ClH/c1-9(7-13-3)12(16)15-10(2)11-5-4-6-14-8-11;;/h4-6,8-10,13H,7H2,1-3H3,(H,15,16);2*1H/t9?,10-;;/m0../s1. The van der Waals surface area contributed by atoms with E-state index in [0.717, 1.165) is 5.56 Å². The van der Waals surface area contributed by atoms with Crippen LogP contribution >= 0.6 is 24.8 Å².